The van der Waals surface area contributed by atoms with Crippen LogP contribution in [-0.4, -0.2) is 30.5 Å². The van der Waals surface area contributed by atoms with E-state index < -0.39 is 5.41 Å². The molecule has 2 aromatic carbocycles. The van der Waals surface area contributed by atoms with Crippen LogP contribution in [0.4, 0.5) is 0 Å². The summed E-state index contributed by atoms with van der Waals surface area (Å²) in [7, 11) is 0. The fourth-order valence-electron chi connectivity index (χ4n) is 3.50. The molecule has 1 amide bonds. The smallest absolute Gasteiger partial charge is 0.228 e. The second kappa shape index (κ2) is 11.4. The van der Waals surface area contributed by atoms with Gasteiger partial charge in [0.1, 0.15) is 5.75 Å². The van der Waals surface area contributed by atoms with Crippen LogP contribution in [0.3, 0.4) is 0 Å². The van der Waals surface area contributed by atoms with Crippen molar-refractivity contribution in [3.63, 3.8) is 0 Å². The fourth-order valence-corrected chi connectivity index (χ4v) is 3.50. The van der Waals surface area contributed by atoms with Crippen LogP contribution >= 0.6 is 0 Å². The molecule has 0 aliphatic heterocycles. The van der Waals surface area contributed by atoms with Gasteiger partial charge in [-0.3, -0.25) is 4.79 Å². The van der Waals surface area contributed by atoms with Gasteiger partial charge in [-0.1, -0.05) is 56.3 Å². The molecule has 4 nitrogen and oxygen atoms in total. The van der Waals surface area contributed by atoms with E-state index in [2.05, 4.69) is 43.3 Å². The number of carbonyl (C=O) groups excluding carboxylic acids is 1. The summed E-state index contributed by atoms with van der Waals surface area (Å²) in [4.78, 5) is 15.1. The molecular weight excluding hydrogens is 372 g/mol. The standard InChI is InChI=1S/C26H34N2O2/c1-21-12-13-22(2)24(20-21)30-19-8-15-26(3,4)25(29)28(17-9-16-27)18-14-23-10-6-5-7-11-23/h5-7,10-13,20H,8-9,14-15,17-19H2,1-4H3. The number of aryl methyl sites for hydroxylation is 2. The first kappa shape index (κ1) is 23.5. The molecule has 0 radical (unpaired) electrons. The first-order valence-corrected chi connectivity index (χ1v) is 10.7. The van der Waals surface area contributed by atoms with Crippen LogP contribution in [0.1, 0.15) is 49.8 Å². The number of carbonyl (C=O) groups is 1. The highest BCUT2D eigenvalue weighted by Gasteiger charge is 2.31. The number of hydrogen-bond acceptors (Lipinski definition) is 3. The fraction of sp³-hybridized carbons (Fsp3) is 0.462. The van der Waals surface area contributed by atoms with E-state index in [9.17, 15) is 4.79 Å². The van der Waals surface area contributed by atoms with Crippen LogP contribution in [0.2, 0.25) is 0 Å². The van der Waals surface area contributed by atoms with E-state index in [0.717, 1.165) is 30.6 Å². The van der Waals surface area contributed by atoms with Crippen molar-refractivity contribution in [2.24, 2.45) is 5.41 Å². The van der Waals surface area contributed by atoms with Gasteiger partial charge in [0, 0.05) is 18.5 Å². The molecule has 4 heteroatoms. The maximum absolute atomic E-state index is 13.2. The number of benzene rings is 2. The molecule has 0 heterocycles. The van der Waals surface area contributed by atoms with Gasteiger partial charge < -0.3 is 9.64 Å². The minimum absolute atomic E-state index is 0.111. The van der Waals surface area contributed by atoms with Crippen molar-refractivity contribution >= 4 is 5.91 Å². The molecule has 0 atom stereocenters. The van der Waals surface area contributed by atoms with Gasteiger partial charge in [-0.2, -0.15) is 5.26 Å². The number of nitrogens with zero attached hydrogens (tertiary/aromatic N) is 2. The summed E-state index contributed by atoms with van der Waals surface area (Å²) < 4.78 is 5.96. The first-order valence-electron chi connectivity index (χ1n) is 10.7. The zero-order valence-corrected chi connectivity index (χ0v) is 18.8. The monoisotopic (exact) mass is 406 g/mol. The molecule has 2 rings (SSSR count). The van der Waals surface area contributed by atoms with Crippen LogP contribution in [0.25, 0.3) is 0 Å². The Balaban J connectivity index is 1.90. The van der Waals surface area contributed by atoms with Gasteiger partial charge in [0.25, 0.3) is 0 Å². The SMILES string of the molecule is Cc1ccc(C)c(OCCCC(C)(C)C(=O)N(CCC#N)CCc2ccccc2)c1. The highest BCUT2D eigenvalue weighted by atomic mass is 16.5. The van der Waals surface area contributed by atoms with Crippen LogP contribution in [-0.2, 0) is 11.2 Å². The van der Waals surface area contributed by atoms with Gasteiger partial charge in [0.15, 0.2) is 0 Å². The van der Waals surface area contributed by atoms with E-state index in [1.807, 2.05) is 43.9 Å². The molecule has 0 saturated carbocycles. The Morgan fingerprint density at radius 2 is 1.83 bits per heavy atom. The van der Waals surface area contributed by atoms with Crippen molar-refractivity contribution in [3.05, 3.63) is 65.2 Å². The highest BCUT2D eigenvalue weighted by Crippen LogP contribution is 2.27. The number of amides is 1. The Morgan fingerprint density at radius 1 is 1.10 bits per heavy atom. The van der Waals surface area contributed by atoms with Crippen molar-refractivity contribution in [3.8, 4) is 11.8 Å². The van der Waals surface area contributed by atoms with Gasteiger partial charge in [-0.15, -0.1) is 0 Å². The Hall–Kier alpha value is -2.80. The van der Waals surface area contributed by atoms with E-state index in [0.29, 0.717) is 26.1 Å². The lowest BCUT2D eigenvalue weighted by Gasteiger charge is -2.32. The molecular formula is C26H34N2O2. The quantitative estimate of drug-likeness (QED) is 0.465. The molecule has 0 aromatic heterocycles. The number of hydrogen-bond donors (Lipinski definition) is 0. The Labute approximate surface area is 181 Å². The minimum atomic E-state index is -0.489. The lowest BCUT2D eigenvalue weighted by atomic mass is 9.86. The van der Waals surface area contributed by atoms with Gasteiger partial charge in [0.05, 0.1) is 19.1 Å². The highest BCUT2D eigenvalue weighted by molar-refractivity contribution is 5.82. The van der Waals surface area contributed by atoms with E-state index in [4.69, 9.17) is 10.00 Å². The normalized spacial score (nSPS) is 11.0. The Bertz CT molecular complexity index is 853. The van der Waals surface area contributed by atoms with Crippen molar-refractivity contribution in [2.45, 2.75) is 53.4 Å². The van der Waals surface area contributed by atoms with Gasteiger partial charge in [-0.25, -0.2) is 0 Å². The summed E-state index contributed by atoms with van der Waals surface area (Å²) in [5, 5.41) is 9.00. The molecule has 0 fully saturated rings. The molecule has 2 aromatic rings. The summed E-state index contributed by atoms with van der Waals surface area (Å²) in [6.45, 7) is 9.78. The number of rotatable bonds is 11. The lowest BCUT2D eigenvalue weighted by Crippen LogP contribution is -2.42. The summed E-state index contributed by atoms with van der Waals surface area (Å²) in [5.41, 5.74) is 3.01. The van der Waals surface area contributed by atoms with Crippen molar-refractivity contribution in [2.75, 3.05) is 19.7 Å². The zero-order valence-electron chi connectivity index (χ0n) is 18.8. The van der Waals surface area contributed by atoms with Crippen molar-refractivity contribution in [1.82, 2.24) is 4.90 Å². The van der Waals surface area contributed by atoms with Crippen LogP contribution in [0.5, 0.6) is 5.75 Å². The third-order valence-electron chi connectivity index (χ3n) is 5.42. The largest absolute Gasteiger partial charge is 0.493 e. The molecule has 0 aliphatic rings. The summed E-state index contributed by atoms with van der Waals surface area (Å²) >= 11 is 0. The van der Waals surface area contributed by atoms with Gasteiger partial charge in [0.2, 0.25) is 5.91 Å². The minimum Gasteiger partial charge on any atom is -0.493 e. The van der Waals surface area contributed by atoms with E-state index in [1.165, 1.54) is 11.1 Å². The molecule has 0 aliphatic carbocycles. The summed E-state index contributed by atoms with van der Waals surface area (Å²) in [6, 6.07) is 18.5. The average molecular weight is 407 g/mol. The van der Waals surface area contributed by atoms with E-state index in [1.54, 1.807) is 0 Å². The first-order chi connectivity index (χ1) is 14.3. The number of ether oxygens (including phenoxy) is 1. The maximum Gasteiger partial charge on any atom is 0.228 e. The second-order valence-electron chi connectivity index (χ2n) is 8.54. The lowest BCUT2D eigenvalue weighted by molar-refractivity contribution is -0.140. The topological polar surface area (TPSA) is 53.3 Å². The van der Waals surface area contributed by atoms with Crippen LogP contribution < -0.4 is 4.74 Å². The molecule has 0 bridgehead atoms. The average Bonchev–Trinajstić information content (AvgIpc) is 2.74. The van der Waals surface area contributed by atoms with Crippen molar-refractivity contribution < 1.29 is 9.53 Å². The van der Waals surface area contributed by atoms with Crippen LogP contribution in [0.15, 0.2) is 48.5 Å². The number of nitriles is 1. The predicted molar refractivity (Wildman–Crippen MR) is 121 cm³/mol. The predicted octanol–water partition coefficient (Wildman–Crippen LogP) is 5.47. The Morgan fingerprint density at radius 3 is 2.53 bits per heavy atom. The molecule has 0 N–H and O–H groups in total. The molecule has 0 saturated heterocycles. The Kier molecular flexibility index (Phi) is 8.92. The van der Waals surface area contributed by atoms with Crippen LogP contribution in [0, 0.1) is 30.6 Å². The zero-order chi connectivity index (χ0) is 22.0. The third kappa shape index (κ3) is 7.22. The molecule has 0 spiro atoms. The van der Waals surface area contributed by atoms with Gasteiger partial charge >= 0.3 is 0 Å². The molecule has 160 valence electrons. The van der Waals surface area contributed by atoms with Crippen molar-refractivity contribution in [1.29, 1.82) is 5.26 Å². The second-order valence-corrected chi connectivity index (χ2v) is 8.54. The summed E-state index contributed by atoms with van der Waals surface area (Å²) in [6.07, 6.45) is 2.69. The van der Waals surface area contributed by atoms with Gasteiger partial charge in [-0.05, 0) is 55.9 Å². The maximum atomic E-state index is 13.2. The molecule has 0 unspecified atom stereocenters. The van der Waals surface area contributed by atoms with E-state index in [-0.39, 0.29) is 5.91 Å². The summed E-state index contributed by atoms with van der Waals surface area (Å²) in [5.74, 6) is 1.03. The van der Waals surface area contributed by atoms with E-state index >= 15 is 0 Å². The molecule has 30 heavy (non-hydrogen) atoms. The third-order valence-corrected chi connectivity index (χ3v) is 5.42.